The average Bonchev–Trinajstić information content (AvgIpc) is 2.68. The van der Waals surface area contributed by atoms with Crippen LogP contribution in [-0.2, 0) is 15.8 Å². The highest BCUT2D eigenvalue weighted by Crippen LogP contribution is 2.51. The molecule has 3 aromatic rings. The number of nitrogens with two attached hydrogens (primary N) is 1. The van der Waals surface area contributed by atoms with Crippen LogP contribution in [0, 0.1) is 5.82 Å². The second kappa shape index (κ2) is 8.18. The Morgan fingerprint density at radius 3 is 2.55 bits per heavy atom. The molecule has 0 saturated heterocycles. The number of benzene rings is 3. The Kier molecular flexibility index (Phi) is 5.71. The van der Waals surface area contributed by atoms with E-state index in [9.17, 15) is 21.6 Å². The van der Waals surface area contributed by atoms with Crippen molar-refractivity contribution in [1.29, 1.82) is 0 Å². The zero-order valence-corrected chi connectivity index (χ0v) is 18.1. The molecule has 1 aliphatic rings. The molecule has 0 fully saturated rings. The molecule has 0 saturated carbocycles. The van der Waals surface area contributed by atoms with E-state index in [2.05, 4.69) is 20.7 Å². The van der Waals surface area contributed by atoms with Gasteiger partial charge < -0.3 is 9.47 Å². The Hall–Kier alpha value is -2.56. The first-order valence-electron chi connectivity index (χ1n) is 8.96. The highest BCUT2D eigenvalue weighted by atomic mass is 79.9. The lowest BCUT2D eigenvalue weighted by Gasteiger charge is -2.31. The maximum absolute atomic E-state index is 13.9. The first-order valence-corrected chi connectivity index (χ1v) is 11.5. The number of sulfonamides is 1. The third kappa shape index (κ3) is 4.41. The zero-order chi connectivity index (χ0) is 22.3. The van der Waals surface area contributed by atoms with Crippen molar-refractivity contribution in [2.75, 3.05) is 0 Å². The van der Waals surface area contributed by atoms with Crippen LogP contribution < -0.4 is 14.6 Å². The van der Waals surface area contributed by atoms with Crippen molar-refractivity contribution in [3.63, 3.8) is 0 Å². The molecule has 10 heteroatoms. The fourth-order valence-corrected chi connectivity index (χ4v) is 5.15. The fraction of sp³-hybridized carbons (Fsp3) is 0.143. The highest BCUT2D eigenvalue weighted by molar-refractivity contribution is 9.10. The van der Waals surface area contributed by atoms with Gasteiger partial charge in [0.25, 0.3) is 0 Å². The lowest BCUT2D eigenvalue weighted by Crippen LogP contribution is -2.19. The molecule has 0 aliphatic carbocycles. The molecule has 2 N–H and O–H groups in total. The summed E-state index contributed by atoms with van der Waals surface area (Å²) in [7, 11) is -3.85. The van der Waals surface area contributed by atoms with Gasteiger partial charge in [0.05, 0.1) is 11.3 Å². The SMILES string of the molecule is NS(=O)(=O)Cc1ccc2c(c1Br)C(c1cccc(F)c1)Oc1cccc(OC(F)F)c1-2. The third-order valence-corrected chi connectivity index (χ3v) is 6.40. The van der Waals surface area contributed by atoms with E-state index in [1.807, 2.05) is 0 Å². The molecule has 3 aromatic carbocycles. The van der Waals surface area contributed by atoms with Crippen LogP contribution in [0.5, 0.6) is 11.5 Å². The van der Waals surface area contributed by atoms with Crippen molar-refractivity contribution in [1.82, 2.24) is 0 Å². The van der Waals surface area contributed by atoms with Gasteiger partial charge in [-0.3, -0.25) is 0 Å². The average molecular weight is 514 g/mol. The van der Waals surface area contributed by atoms with Crippen molar-refractivity contribution in [3.05, 3.63) is 81.6 Å². The number of halogens is 4. The van der Waals surface area contributed by atoms with Gasteiger partial charge in [-0.2, -0.15) is 8.78 Å². The monoisotopic (exact) mass is 513 g/mol. The van der Waals surface area contributed by atoms with Gasteiger partial charge in [-0.05, 0) is 41.0 Å². The first kappa shape index (κ1) is 21.7. The smallest absolute Gasteiger partial charge is 0.387 e. The van der Waals surface area contributed by atoms with E-state index in [1.54, 1.807) is 18.2 Å². The third-order valence-electron chi connectivity index (χ3n) is 4.75. The number of ether oxygens (including phenoxy) is 2. The maximum Gasteiger partial charge on any atom is 0.387 e. The standard InChI is InChI=1S/C21H15BrF3NO4S/c22-19-12(10-31(26,27)28)7-8-14-17-15(5-2-6-16(17)30-21(24)25)29-20(18(14)19)11-3-1-4-13(23)9-11/h1-9,20-21H,10H2,(H2,26,27,28). The Morgan fingerprint density at radius 1 is 1.13 bits per heavy atom. The predicted molar refractivity (Wildman–Crippen MR) is 112 cm³/mol. The van der Waals surface area contributed by atoms with Crippen LogP contribution in [-0.4, -0.2) is 15.0 Å². The lowest BCUT2D eigenvalue weighted by atomic mass is 9.88. The van der Waals surface area contributed by atoms with E-state index >= 15 is 0 Å². The fourth-order valence-electron chi connectivity index (χ4n) is 3.60. The zero-order valence-electron chi connectivity index (χ0n) is 15.7. The molecule has 4 rings (SSSR count). The Labute approximate surface area is 184 Å². The molecule has 31 heavy (non-hydrogen) atoms. The largest absolute Gasteiger partial charge is 0.480 e. The second-order valence-corrected chi connectivity index (χ2v) is 9.28. The van der Waals surface area contributed by atoms with Gasteiger partial charge in [0.1, 0.15) is 17.3 Å². The maximum atomic E-state index is 13.9. The van der Waals surface area contributed by atoms with E-state index in [0.29, 0.717) is 26.7 Å². The number of rotatable bonds is 5. The summed E-state index contributed by atoms with van der Waals surface area (Å²) in [6.07, 6.45) is -0.838. The van der Waals surface area contributed by atoms with Gasteiger partial charge in [0, 0.05) is 10.0 Å². The molecule has 1 atom stereocenters. The minimum Gasteiger partial charge on any atom is -0.480 e. The lowest BCUT2D eigenvalue weighted by molar-refractivity contribution is -0.0496. The molecule has 5 nitrogen and oxygen atoms in total. The molecule has 1 aliphatic heterocycles. The molecular weight excluding hydrogens is 499 g/mol. The summed E-state index contributed by atoms with van der Waals surface area (Å²) < 4.78 is 74.4. The van der Waals surface area contributed by atoms with Crippen LogP contribution in [0.1, 0.15) is 22.8 Å². The van der Waals surface area contributed by atoms with E-state index in [1.165, 1.54) is 36.4 Å². The summed E-state index contributed by atoms with van der Waals surface area (Å²) in [6, 6.07) is 13.3. The molecule has 0 spiro atoms. The number of fused-ring (bicyclic) bond motifs is 3. The topological polar surface area (TPSA) is 78.6 Å². The summed E-state index contributed by atoms with van der Waals surface area (Å²) >= 11 is 3.42. The van der Waals surface area contributed by atoms with Gasteiger partial charge >= 0.3 is 6.61 Å². The van der Waals surface area contributed by atoms with Gasteiger partial charge in [-0.25, -0.2) is 17.9 Å². The molecule has 1 unspecified atom stereocenters. The first-order chi connectivity index (χ1) is 14.6. The molecule has 0 radical (unpaired) electrons. The molecule has 1 heterocycles. The minimum atomic E-state index is -3.85. The summed E-state index contributed by atoms with van der Waals surface area (Å²) in [5.41, 5.74) is 2.03. The predicted octanol–water partition coefficient (Wildman–Crippen LogP) is 5.13. The Bertz CT molecular complexity index is 1270. The van der Waals surface area contributed by atoms with Crippen molar-refractivity contribution < 1.29 is 31.1 Å². The van der Waals surface area contributed by atoms with Crippen molar-refractivity contribution >= 4 is 26.0 Å². The summed E-state index contributed by atoms with van der Waals surface area (Å²) in [6.45, 7) is -3.05. The summed E-state index contributed by atoms with van der Waals surface area (Å²) in [5, 5.41) is 5.20. The van der Waals surface area contributed by atoms with Gasteiger partial charge in [-0.1, -0.05) is 46.3 Å². The molecular formula is C21H15BrF3NO4S. The number of primary sulfonamides is 1. The summed E-state index contributed by atoms with van der Waals surface area (Å²) in [5.74, 6) is -0.776. The van der Waals surface area contributed by atoms with Crippen molar-refractivity contribution in [3.8, 4) is 22.6 Å². The van der Waals surface area contributed by atoms with Gasteiger partial charge in [-0.15, -0.1) is 0 Å². The Morgan fingerprint density at radius 2 is 1.87 bits per heavy atom. The Balaban J connectivity index is 1.98. The quantitative estimate of drug-likeness (QED) is 0.513. The van der Waals surface area contributed by atoms with Crippen LogP contribution in [0.15, 0.2) is 59.1 Å². The molecule has 0 bridgehead atoms. The van der Waals surface area contributed by atoms with Crippen LogP contribution in [0.4, 0.5) is 13.2 Å². The van der Waals surface area contributed by atoms with Crippen molar-refractivity contribution in [2.45, 2.75) is 18.5 Å². The normalized spacial score (nSPS) is 15.2. The minimum absolute atomic E-state index is 0.0995. The van der Waals surface area contributed by atoms with Crippen LogP contribution >= 0.6 is 15.9 Å². The number of alkyl halides is 2. The van der Waals surface area contributed by atoms with Crippen LogP contribution in [0.3, 0.4) is 0 Å². The van der Waals surface area contributed by atoms with Crippen molar-refractivity contribution in [2.24, 2.45) is 5.14 Å². The van der Waals surface area contributed by atoms with E-state index in [4.69, 9.17) is 9.88 Å². The van der Waals surface area contributed by atoms with E-state index in [-0.39, 0.29) is 17.1 Å². The molecule has 0 aromatic heterocycles. The summed E-state index contributed by atoms with van der Waals surface area (Å²) in [4.78, 5) is 0. The van der Waals surface area contributed by atoms with Gasteiger partial charge in [0.15, 0.2) is 6.10 Å². The van der Waals surface area contributed by atoms with Crippen LogP contribution in [0.25, 0.3) is 11.1 Å². The second-order valence-electron chi connectivity index (χ2n) is 6.87. The molecule has 162 valence electrons. The van der Waals surface area contributed by atoms with E-state index in [0.717, 1.165) is 0 Å². The van der Waals surface area contributed by atoms with Gasteiger partial charge in [0.2, 0.25) is 10.0 Å². The van der Waals surface area contributed by atoms with Crippen LogP contribution in [0.2, 0.25) is 0 Å². The number of hydrogen-bond acceptors (Lipinski definition) is 4. The number of hydrogen-bond donors (Lipinski definition) is 1. The highest BCUT2D eigenvalue weighted by Gasteiger charge is 2.33. The van der Waals surface area contributed by atoms with E-state index < -0.39 is 34.3 Å². The molecule has 0 amide bonds.